The van der Waals surface area contributed by atoms with E-state index in [-0.39, 0.29) is 30.9 Å². The van der Waals surface area contributed by atoms with Crippen LogP contribution in [0.1, 0.15) is 39.9 Å². The molecule has 0 radical (unpaired) electrons. The zero-order chi connectivity index (χ0) is 20.7. The molecular formula is C21H29N3O4. The van der Waals surface area contributed by atoms with Crippen LogP contribution >= 0.6 is 0 Å². The molecule has 0 fully saturated rings. The van der Waals surface area contributed by atoms with Gasteiger partial charge in [-0.2, -0.15) is 0 Å². The van der Waals surface area contributed by atoms with E-state index in [4.69, 9.17) is 4.74 Å². The molecule has 7 heteroatoms. The number of carbonyl (C=O) groups is 2. The molecule has 1 aromatic heterocycles. The van der Waals surface area contributed by atoms with Crippen LogP contribution in [-0.4, -0.2) is 46.4 Å². The summed E-state index contributed by atoms with van der Waals surface area (Å²) in [5, 5.41) is 0.509. The van der Waals surface area contributed by atoms with Crippen LogP contribution in [0, 0.1) is 11.8 Å². The molecule has 1 aromatic carbocycles. The van der Waals surface area contributed by atoms with E-state index in [1.165, 1.54) is 0 Å². The summed E-state index contributed by atoms with van der Waals surface area (Å²) in [5.74, 6) is 0.433. The summed E-state index contributed by atoms with van der Waals surface area (Å²) in [6, 6.07) is 7.03. The first-order valence-electron chi connectivity index (χ1n) is 9.67. The molecule has 0 saturated carbocycles. The first-order valence-corrected chi connectivity index (χ1v) is 9.67. The van der Waals surface area contributed by atoms with Crippen LogP contribution in [0.5, 0.6) is 0 Å². The topological polar surface area (TPSA) is 92.4 Å². The fourth-order valence-electron chi connectivity index (χ4n) is 2.94. The number of aromatic nitrogens is 2. The molecule has 2 aromatic rings. The summed E-state index contributed by atoms with van der Waals surface area (Å²) in [7, 11) is 0. The Morgan fingerprint density at radius 1 is 1.11 bits per heavy atom. The number of hydrogen-bond donors (Lipinski definition) is 1. The Hall–Kier alpha value is -2.70. The second kappa shape index (κ2) is 10.0. The molecule has 0 aliphatic rings. The van der Waals surface area contributed by atoms with Gasteiger partial charge in [0.15, 0.2) is 6.61 Å². The second-order valence-corrected chi connectivity index (χ2v) is 7.78. The van der Waals surface area contributed by atoms with E-state index in [2.05, 4.69) is 9.97 Å². The Bertz CT molecular complexity index is 863. The molecule has 1 heterocycles. The summed E-state index contributed by atoms with van der Waals surface area (Å²) in [4.78, 5) is 45.2. The van der Waals surface area contributed by atoms with Crippen LogP contribution in [0.4, 0.5) is 0 Å². The van der Waals surface area contributed by atoms with Gasteiger partial charge in [-0.05, 0) is 24.0 Å². The molecule has 0 unspecified atom stereocenters. The number of esters is 1. The molecule has 0 saturated heterocycles. The van der Waals surface area contributed by atoms with Gasteiger partial charge >= 0.3 is 5.97 Å². The van der Waals surface area contributed by atoms with Gasteiger partial charge in [0.2, 0.25) is 0 Å². The molecule has 152 valence electrons. The fourth-order valence-corrected chi connectivity index (χ4v) is 2.94. The van der Waals surface area contributed by atoms with E-state index in [1.54, 1.807) is 29.2 Å². The molecular weight excluding hydrogens is 358 g/mol. The van der Waals surface area contributed by atoms with E-state index >= 15 is 0 Å². The van der Waals surface area contributed by atoms with Crippen molar-refractivity contribution in [2.45, 2.75) is 40.5 Å². The van der Waals surface area contributed by atoms with Crippen LogP contribution in [0.3, 0.4) is 0 Å². The summed E-state index contributed by atoms with van der Waals surface area (Å²) in [6.45, 7) is 9.19. The molecule has 1 amide bonds. The lowest BCUT2D eigenvalue weighted by molar-refractivity contribution is -0.152. The quantitative estimate of drug-likeness (QED) is 0.668. The summed E-state index contributed by atoms with van der Waals surface area (Å²) < 4.78 is 5.14. The smallest absolute Gasteiger partial charge is 0.306 e. The minimum Gasteiger partial charge on any atom is -0.456 e. The van der Waals surface area contributed by atoms with E-state index in [9.17, 15) is 14.4 Å². The second-order valence-electron chi connectivity index (χ2n) is 7.78. The van der Waals surface area contributed by atoms with Crippen molar-refractivity contribution in [3.63, 3.8) is 0 Å². The summed E-state index contributed by atoms with van der Waals surface area (Å²) in [5.41, 5.74) is 0.352. The van der Waals surface area contributed by atoms with Gasteiger partial charge in [0, 0.05) is 19.5 Å². The normalized spacial score (nSPS) is 11.2. The Morgan fingerprint density at radius 2 is 1.75 bits per heavy atom. The fraction of sp³-hybridized carbons (Fsp3) is 0.524. The lowest BCUT2D eigenvalue weighted by Gasteiger charge is -2.26. The maximum atomic E-state index is 12.4. The Labute approximate surface area is 165 Å². The number of aryl methyl sites for hydroxylation is 1. The average molecular weight is 387 g/mol. The highest BCUT2D eigenvalue weighted by Gasteiger charge is 2.18. The maximum Gasteiger partial charge on any atom is 0.306 e. The van der Waals surface area contributed by atoms with Crippen LogP contribution in [0.25, 0.3) is 10.9 Å². The lowest BCUT2D eigenvalue weighted by Crippen LogP contribution is -2.39. The first kappa shape index (κ1) is 21.6. The van der Waals surface area contributed by atoms with Gasteiger partial charge in [0.05, 0.1) is 17.3 Å². The van der Waals surface area contributed by atoms with Crippen LogP contribution < -0.4 is 5.56 Å². The van der Waals surface area contributed by atoms with E-state index in [1.807, 2.05) is 27.7 Å². The van der Waals surface area contributed by atoms with Crippen molar-refractivity contribution in [1.82, 2.24) is 14.9 Å². The van der Waals surface area contributed by atoms with E-state index < -0.39 is 5.97 Å². The number of nitrogens with one attached hydrogen (secondary N) is 1. The molecule has 0 aliphatic carbocycles. The zero-order valence-corrected chi connectivity index (χ0v) is 17.0. The number of nitrogens with zero attached hydrogens (tertiary/aromatic N) is 2. The number of aromatic amines is 1. The van der Waals surface area contributed by atoms with E-state index in [0.29, 0.717) is 41.7 Å². The van der Waals surface area contributed by atoms with Gasteiger partial charge in [-0.1, -0.05) is 39.8 Å². The Kier molecular flexibility index (Phi) is 7.72. The van der Waals surface area contributed by atoms with Crippen molar-refractivity contribution in [3.8, 4) is 0 Å². The van der Waals surface area contributed by atoms with Gasteiger partial charge in [-0.25, -0.2) is 4.98 Å². The molecule has 0 aliphatic heterocycles. The molecule has 1 N–H and O–H groups in total. The van der Waals surface area contributed by atoms with Gasteiger partial charge in [-0.15, -0.1) is 0 Å². The minimum absolute atomic E-state index is 0.0446. The van der Waals surface area contributed by atoms with Crippen LogP contribution in [-0.2, 0) is 20.7 Å². The molecule has 28 heavy (non-hydrogen) atoms. The SMILES string of the molecule is CC(C)CN(CC(C)C)C(=O)COC(=O)CCc1nc2ccccc2c(=O)[nH]1. The standard InChI is InChI=1S/C21H29N3O4/c1-14(2)11-24(12-15(3)4)19(25)13-28-20(26)10-9-18-22-17-8-6-5-7-16(17)21(27)23-18/h5-8,14-15H,9-13H2,1-4H3,(H,22,23,27). The van der Waals surface area contributed by atoms with Crippen molar-refractivity contribution in [2.75, 3.05) is 19.7 Å². The molecule has 0 bridgehead atoms. The number of rotatable bonds is 9. The lowest BCUT2D eigenvalue weighted by atomic mass is 10.1. The number of ether oxygens (including phenoxy) is 1. The molecule has 0 atom stereocenters. The predicted molar refractivity (Wildman–Crippen MR) is 108 cm³/mol. The van der Waals surface area contributed by atoms with Gasteiger partial charge in [-0.3, -0.25) is 14.4 Å². The molecule has 0 spiro atoms. The largest absolute Gasteiger partial charge is 0.456 e. The number of carbonyl (C=O) groups excluding carboxylic acids is 2. The summed E-state index contributed by atoms with van der Waals surface area (Å²) in [6.07, 6.45) is 0.289. The third-order valence-corrected chi connectivity index (χ3v) is 4.11. The minimum atomic E-state index is -0.488. The van der Waals surface area contributed by atoms with Gasteiger partial charge < -0.3 is 14.6 Å². The first-order chi connectivity index (χ1) is 13.3. The third-order valence-electron chi connectivity index (χ3n) is 4.11. The Morgan fingerprint density at radius 3 is 2.39 bits per heavy atom. The van der Waals surface area contributed by atoms with Crippen molar-refractivity contribution >= 4 is 22.8 Å². The number of benzene rings is 1. The number of para-hydroxylation sites is 1. The monoisotopic (exact) mass is 387 g/mol. The maximum absolute atomic E-state index is 12.4. The number of hydrogen-bond acceptors (Lipinski definition) is 5. The van der Waals surface area contributed by atoms with Crippen molar-refractivity contribution < 1.29 is 14.3 Å². The number of fused-ring (bicyclic) bond motifs is 1. The third kappa shape index (κ3) is 6.48. The van der Waals surface area contributed by atoms with Crippen molar-refractivity contribution in [2.24, 2.45) is 11.8 Å². The highest BCUT2D eigenvalue weighted by atomic mass is 16.5. The number of amides is 1. The highest BCUT2D eigenvalue weighted by Crippen LogP contribution is 2.08. The Balaban J connectivity index is 1.88. The molecule has 2 rings (SSSR count). The number of H-pyrrole nitrogens is 1. The van der Waals surface area contributed by atoms with Crippen molar-refractivity contribution in [3.05, 3.63) is 40.4 Å². The van der Waals surface area contributed by atoms with Gasteiger partial charge in [0.25, 0.3) is 11.5 Å². The van der Waals surface area contributed by atoms with Crippen LogP contribution in [0.2, 0.25) is 0 Å². The van der Waals surface area contributed by atoms with Crippen LogP contribution in [0.15, 0.2) is 29.1 Å². The molecule has 7 nitrogen and oxygen atoms in total. The van der Waals surface area contributed by atoms with E-state index in [0.717, 1.165) is 0 Å². The highest BCUT2D eigenvalue weighted by molar-refractivity contribution is 5.81. The summed E-state index contributed by atoms with van der Waals surface area (Å²) >= 11 is 0. The van der Waals surface area contributed by atoms with Gasteiger partial charge in [0.1, 0.15) is 5.82 Å². The van der Waals surface area contributed by atoms with Crippen molar-refractivity contribution in [1.29, 1.82) is 0 Å². The zero-order valence-electron chi connectivity index (χ0n) is 17.0. The predicted octanol–water partition coefficient (Wildman–Crippen LogP) is 2.54. The average Bonchev–Trinajstić information content (AvgIpc) is 2.63.